The van der Waals surface area contributed by atoms with E-state index in [2.05, 4.69) is 10.1 Å². The van der Waals surface area contributed by atoms with Crippen LogP contribution in [0.3, 0.4) is 0 Å². The highest BCUT2D eigenvalue weighted by Gasteiger charge is 2.42. The molecule has 3 aliphatic rings. The van der Waals surface area contributed by atoms with Gasteiger partial charge in [0.2, 0.25) is 0 Å². The minimum Gasteiger partial charge on any atom is -0.466 e. The molecule has 264 valence electrons. The van der Waals surface area contributed by atoms with Crippen LogP contribution in [-0.2, 0) is 19.0 Å². The van der Waals surface area contributed by atoms with Gasteiger partial charge in [0.25, 0.3) is 29.5 Å². The van der Waals surface area contributed by atoms with Gasteiger partial charge in [-0.25, -0.2) is 19.3 Å². The lowest BCUT2D eigenvalue weighted by Crippen LogP contribution is -2.40. The molecule has 0 spiro atoms. The first-order valence-corrected chi connectivity index (χ1v) is 15.5. The van der Waals surface area contributed by atoms with Gasteiger partial charge in [0, 0.05) is 17.2 Å². The van der Waals surface area contributed by atoms with Crippen LogP contribution in [0.15, 0.2) is 78.9 Å². The van der Waals surface area contributed by atoms with Gasteiger partial charge >= 0.3 is 18.2 Å². The summed E-state index contributed by atoms with van der Waals surface area (Å²) in [5.74, 6) is -3.06. The molecule has 0 aliphatic carbocycles. The van der Waals surface area contributed by atoms with Crippen LogP contribution in [0.1, 0.15) is 98.9 Å². The molecule has 0 fully saturated rings. The van der Waals surface area contributed by atoms with Crippen molar-refractivity contribution >= 4 is 53.4 Å². The minimum absolute atomic E-state index is 0.154. The molecule has 0 atom stereocenters. The monoisotopic (exact) mass is 697 g/mol. The summed E-state index contributed by atoms with van der Waals surface area (Å²) in [5.41, 5.74) is 0.861. The molecular weight excluding hydrogens is 662 g/mol. The quantitative estimate of drug-likeness (QED) is 0.149. The highest BCUT2D eigenvalue weighted by Crippen LogP contribution is 2.34. The molecule has 3 aliphatic heterocycles. The summed E-state index contributed by atoms with van der Waals surface area (Å²) in [6, 6.07) is 19.7. The van der Waals surface area contributed by atoms with Crippen molar-refractivity contribution in [2.75, 3.05) is 7.11 Å². The van der Waals surface area contributed by atoms with Gasteiger partial charge in [-0.1, -0.05) is 42.5 Å². The fourth-order valence-corrected chi connectivity index (χ4v) is 4.82. The second kappa shape index (κ2) is 14.6. The number of carbonyl (C=O) groups is 8. The lowest BCUT2D eigenvalue weighted by atomic mass is 10.1. The average molecular weight is 698 g/mol. The van der Waals surface area contributed by atoms with E-state index < -0.39 is 47.1 Å². The Bertz CT molecular complexity index is 1930. The van der Waals surface area contributed by atoms with Crippen LogP contribution in [0.25, 0.3) is 5.70 Å². The van der Waals surface area contributed by atoms with Crippen LogP contribution in [0, 0.1) is 0 Å². The predicted octanol–water partition coefficient (Wildman–Crippen LogP) is 5.38. The van der Waals surface area contributed by atoms with Crippen LogP contribution < -0.4 is 5.32 Å². The summed E-state index contributed by atoms with van der Waals surface area (Å²) in [5, 5.41) is 2.20. The summed E-state index contributed by atoms with van der Waals surface area (Å²) in [6.07, 6.45) is -0.661. The third-order valence-corrected chi connectivity index (χ3v) is 6.92. The van der Waals surface area contributed by atoms with E-state index in [1.54, 1.807) is 102 Å². The molecule has 0 unspecified atom stereocenters. The van der Waals surface area contributed by atoms with Crippen LogP contribution >= 0.6 is 0 Å². The Kier molecular flexibility index (Phi) is 10.7. The Morgan fingerprint density at radius 2 is 0.882 bits per heavy atom. The van der Waals surface area contributed by atoms with E-state index in [4.69, 9.17) is 9.47 Å². The van der Waals surface area contributed by atoms with Crippen molar-refractivity contribution in [2.45, 2.75) is 52.7 Å². The Morgan fingerprint density at radius 1 is 0.549 bits per heavy atom. The molecule has 7 amide bonds. The van der Waals surface area contributed by atoms with Crippen molar-refractivity contribution in [3.05, 3.63) is 112 Å². The Balaban J connectivity index is 0.000000180. The largest absolute Gasteiger partial charge is 0.466 e. The van der Waals surface area contributed by atoms with Crippen LogP contribution in [0.2, 0.25) is 0 Å². The average Bonchev–Trinajstić information content (AvgIpc) is 3.61. The molecular formula is C37H35N3O11. The smallest absolute Gasteiger partial charge is 0.424 e. The molecule has 3 aromatic rings. The summed E-state index contributed by atoms with van der Waals surface area (Å²) >= 11 is 0. The Hall–Kier alpha value is -6.44. The molecule has 0 aromatic heterocycles. The van der Waals surface area contributed by atoms with Crippen LogP contribution in [0.4, 0.5) is 9.59 Å². The Morgan fingerprint density at radius 3 is 1.27 bits per heavy atom. The molecule has 1 N–H and O–H groups in total. The number of fused-ring (bicyclic) bond motifs is 3. The number of methoxy groups -OCH3 is 1. The third-order valence-electron chi connectivity index (χ3n) is 6.92. The maximum atomic E-state index is 12.4. The summed E-state index contributed by atoms with van der Waals surface area (Å²) in [4.78, 5) is 95.3. The standard InChI is InChI=1S/C16H17NO5.C13H13NO4.C8H5NO2/c1-16(2,3)22-15(20)17-12(9-13(18)21-4)10-7-5-6-8-11(10)14(17)19;1-13(2,3)18-12(17)14-10(15)8-6-4-5-7-9(8)11(14)16;10-7-5-3-1-2-4-6(5)8(11)9-7/h5-9H,1-4H3;4-7H,1-3H3;1-4H,(H,9,10,11)/b12-9+;;. The van der Waals surface area contributed by atoms with Crippen molar-refractivity contribution in [2.24, 2.45) is 0 Å². The number of esters is 1. The predicted molar refractivity (Wildman–Crippen MR) is 180 cm³/mol. The number of amides is 7. The van der Waals surface area contributed by atoms with E-state index in [9.17, 15) is 38.4 Å². The fraction of sp³-hybridized carbons (Fsp3) is 0.243. The van der Waals surface area contributed by atoms with Gasteiger partial charge in [-0.15, -0.1) is 0 Å². The fourth-order valence-electron chi connectivity index (χ4n) is 4.82. The second-order valence-corrected chi connectivity index (χ2v) is 13.0. The zero-order chi connectivity index (χ0) is 37.8. The zero-order valence-electron chi connectivity index (χ0n) is 28.9. The molecule has 0 bridgehead atoms. The molecule has 6 rings (SSSR count). The molecule has 14 heteroatoms. The van der Waals surface area contributed by atoms with Crippen molar-refractivity contribution in [1.29, 1.82) is 0 Å². The lowest BCUT2D eigenvalue weighted by Gasteiger charge is -2.24. The number of ether oxygens (including phenoxy) is 3. The van der Waals surface area contributed by atoms with Gasteiger partial charge in [0.05, 0.1) is 35.1 Å². The van der Waals surface area contributed by atoms with E-state index >= 15 is 0 Å². The number of nitrogens with one attached hydrogen (secondary N) is 1. The van der Waals surface area contributed by atoms with Crippen LogP contribution in [-0.4, -0.2) is 75.8 Å². The van der Waals surface area contributed by atoms with Crippen LogP contribution in [0.5, 0.6) is 0 Å². The van der Waals surface area contributed by atoms with Gasteiger partial charge in [0.1, 0.15) is 11.2 Å². The zero-order valence-corrected chi connectivity index (χ0v) is 28.9. The number of rotatable bonds is 1. The number of nitrogens with zero attached hydrogens (tertiary/aromatic N) is 2. The summed E-state index contributed by atoms with van der Waals surface area (Å²) in [7, 11) is 1.22. The van der Waals surface area contributed by atoms with E-state index in [0.29, 0.717) is 27.2 Å². The van der Waals surface area contributed by atoms with Gasteiger partial charge in [-0.2, -0.15) is 4.90 Å². The third kappa shape index (κ3) is 8.41. The number of benzene rings is 3. The molecule has 0 saturated carbocycles. The molecule has 3 heterocycles. The maximum absolute atomic E-state index is 12.4. The molecule has 0 radical (unpaired) electrons. The number of hydrogen-bond acceptors (Lipinski definition) is 11. The normalized spacial score (nSPS) is 15.1. The first kappa shape index (κ1) is 37.4. The number of hydrogen-bond donors (Lipinski definition) is 1. The van der Waals surface area contributed by atoms with Crippen molar-refractivity contribution < 1.29 is 52.6 Å². The number of carbonyl (C=O) groups excluding carboxylic acids is 8. The van der Waals surface area contributed by atoms with Crippen molar-refractivity contribution in [1.82, 2.24) is 15.1 Å². The summed E-state index contributed by atoms with van der Waals surface area (Å²) < 4.78 is 14.9. The van der Waals surface area contributed by atoms with Gasteiger partial charge in [-0.05, 0) is 71.9 Å². The number of imide groups is 5. The minimum atomic E-state index is -0.936. The molecule has 0 saturated heterocycles. The molecule has 51 heavy (non-hydrogen) atoms. The van der Waals surface area contributed by atoms with Crippen molar-refractivity contribution in [3.63, 3.8) is 0 Å². The highest BCUT2D eigenvalue weighted by atomic mass is 16.6. The SMILES string of the molecule is CC(C)(C)OC(=O)N1C(=O)c2ccccc2C1=O.COC(=O)/C=C1\c2ccccc2C(=O)N1C(=O)OC(C)(C)C.O=C1NC(=O)c2ccccc21. The summed E-state index contributed by atoms with van der Waals surface area (Å²) in [6.45, 7) is 10.1. The highest BCUT2D eigenvalue weighted by molar-refractivity contribution is 6.28. The van der Waals surface area contributed by atoms with E-state index in [0.717, 1.165) is 11.0 Å². The molecule has 14 nitrogen and oxygen atoms in total. The Labute approximate surface area is 292 Å². The molecule has 3 aromatic carbocycles. The van der Waals surface area contributed by atoms with Crippen molar-refractivity contribution in [3.8, 4) is 0 Å². The van der Waals surface area contributed by atoms with E-state index in [1.165, 1.54) is 19.2 Å². The first-order valence-electron chi connectivity index (χ1n) is 15.5. The van der Waals surface area contributed by atoms with E-state index in [-0.39, 0.29) is 28.6 Å². The van der Waals surface area contributed by atoms with Gasteiger partial charge in [-0.3, -0.25) is 29.3 Å². The lowest BCUT2D eigenvalue weighted by molar-refractivity contribution is -0.134. The first-order chi connectivity index (χ1) is 23.8. The second-order valence-electron chi connectivity index (χ2n) is 13.0. The van der Waals surface area contributed by atoms with Gasteiger partial charge in [0.15, 0.2) is 0 Å². The van der Waals surface area contributed by atoms with Gasteiger partial charge < -0.3 is 14.2 Å². The topological polar surface area (TPSA) is 183 Å². The maximum Gasteiger partial charge on any atom is 0.424 e. The van der Waals surface area contributed by atoms with E-state index in [1.807, 2.05) is 0 Å².